The Morgan fingerprint density at radius 3 is 2.88 bits per heavy atom. The second kappa shape index (κ2) is 6.86. The van der Waals surface area contributed by atoms with Gasteiger partial charge in [0.1, 0.15) is 12.4 Å². The average molecular weight is 219 g/mol. The largest absolute Gasteiger partial charge is 0.492 e. The molecule has 3 nitrogen and oxygen atoms in total. The summed E-state index contributed by atoms with van der Waals surface area (Å²) in [6.45, 7) is 9.36. The zero-order valence-corrected chi connectivity index (χ0v) is 9.57. The lowest BCUT2D eigenvalue weighted by Gasteiger charge is -2.10. The lowest BCUT2D eigenvalue weighted by molar-refractivity contribution is 0.200. The van der Waals surface area contributed by atoms with E-state index in [1.165, 1.54) is 0 Å². The monoisotopic (exact) mass is 219 g/mol. The Balaban J connectivity index is 2.83. The van der Waals surface area contributed by atoms with Crippen molar-refractivity contribution in [1.82, 2.24) is 0 Å². The van der Waals surface area contributed by atoms with Crippen LogP contribution in [0.15, 0.2) is 18.2 Å². The van der Waals surface area contributed by atoms with Crippen molar-refractivity contribution in [3.05, 3.63) is 35.2 Å². The molecule has 0 saturated heterocycles. The molecule has 0 saturated carbocycles. The quantitative estimate of drug-likeness (QED) is 0.746. The normalized spacial score (nSPS) is 9.81. The van der Waals surface area contributed by atoms with Crippen molar-refractivity contribution in [2.45, 2.75) is 26.2 Å². The lowest BCUT2D eigenvalue weighted by Crippen LogP contribution is -2.03. The molecule has 1 aromatic carbocycles. The van der Waals surface area contributed by atoms with Gasteiger partial charge in [0.25, 0.3) is 0 Å². The number of aryl methyl sites for hydroxylation is 1. The van der Waals surface area contributed by atoms with Crippen molar-refractivity contribution < 1.29 is 9.84 Å². The van der Waals surface area contributed by atoms with Crippen LogP contribution >= 0.6 is 0 Å². The topological polar surface area (TPSA) is 33.8 Å². The summed E-state index contributed by atoms with van der Waals surface area (Å²) in [5.41, 5.74) is 1.69. The molecule has 0 atom stereocenters. The van der Waals surface area contributed by atoms with Crippen molar-refractivity contribution in [3.63, 3.8) is 0 Å². The molecule has 0 spiro atoms. The highest BCUT2D eigenvalue weighted by molar-refractivity contribution is 5.52. The Morgan fingerprint density at radius 1 is 1.44 bits per heavy atom. The standard InChI is InChI=1S/C13H17NO2/c1-3-4-5-11-6-7-12(14-2)10-13(11)16-9-8-15/h6-7,10,15H,3-5,8-9H2,1H3. The molecule has 0 bridgehead atoms. The van der Waals surface area contributed by atoms with Crippen LogP contribution < -0.4 is 4.74 Å². The van der Waals surface area contributed by atoms with Crippen molar-refractivity contribution in [3.8, 4) is 5.75 Å². The molecule has 0 aromatic heterocycles. The van der Waals surface area contributed by atoms with Gasteiger partial charge < -0.3 is 9.84 Å². The third kappa shape index (κ3) is 3.56. The van der Waals surface area contributed by atoms with E-state index < -0.39 is 0 Å². The van der Waals surface area contributed by atoms with Crippen LogP contribution in [0.4, 0.5) is 5.69 Å². The second-order valence-electron chi connectivity index (χ2n) is 3.58. The van der Waals surface area contributed by atoms with E-state index in [0.717, 1.165) is 30.6 Å². The van der Waals surface area contributed by atoms with Gasteiger partial charge in [-0.3, -0.25) is 0 Å². The number of aliphatic hydroxyl groups excluding tert-OH is 1. The fourth-order valence-electron chi connectivity index (χ4n) is 1.48. The van der Waals surface area contributed by atoms with Gasteiger partial charge in [-0.05, 0) is 24.5 Å². The number of rotatable bonds is 6. The van der Waals surface area contributed by atoms with Crippen molar-refractivity contribution in [2.24, 2.45) is 0 Å². The molecule has 0 aliphatic carbocycles. The highest BCUT2D eigenvalue weighted by Crippen LogP contribution is 2.26. The van der Waals surface area contributed by atoms with Gasteiger partial charge in [0.15, 0.2) is 5.69 Å². The van der Waals surface area contributed by atoms with E-state index >= 15 is 0 Å². The van der Waals surface area contributed by atoms with E-state index in [1.54, 1.807) is 6.07 Å². The Kier molecular flexibility index (Phi) is 5.38. The number of hydrogen-bond donors (Lipinski definition) is 1. The summed E-state index contributed by atoms with van der Waals surface area (Å²) in [6, 6.07) is 5.49. The van der Waals surface area contributed by atoms with Gasteiger partial charge in [-0.1, -0.05) is 25.5 Å². The van der Waals surface area contributed by atoms with E-state index in [4.69, 9.17) is 16.4 Å². The molecule has 3 heteroatoms. The summed E-state index contributed by atoms with van der Waals surface area (Å²) in [5.74, 6) is 0.732. The smallest absolute Gasteiger partial charge is 0.190 e. The molecule has 0 fully saturated rings. The van der Waals surface area contributed by atoms with E-state index in [-0.39, 0.29) is 13.2 Å². The minimum atomic E-state index is -0.00450. The molecule has 0 amide bonds. The molecule has 0 aliphatic rings. The molecule has 0 radical (unpaired) electrons. The van der Waals surface area contributed by atoms with Gasteiger partial charge in [0, 0.05) is 0 Å². The number of nitrogens with zero attached hydrogens (tertiary/aromatic N) is 1. The summed E-state index contributed by atoms with van der Waals surface area (Å²) >= 11 is 0. The zero-order chi connectivity index (χ0) is 11.8. The maximum absolute atomic E-state index is 8.74. The molecule has 0 unspecified atom stereocenters. The van der Waals surface area contributed by atoms with Gasteiger partial charge in [-0.2, -0.15) is 0 Å². The number of benzene rings is 1. The molecule has 0 heterocycles. The van der Waals surface area contributed by atoms with Crippen LogP contribution in [0.2, 0.25) is 0 Å². The fourth-order valence-corrected chi connectivity index (χ4v) is 1.48. The third-order valence-corrected chi connectivity index (χ3v) is 2.33. The lowest BCUT2D eigenvalue weighted by atomic mass is 10.1. The van der Waals surface area contributed by atoms with Crippen LogP contribution in [0.5, 0.6) is 5.75 Å². The second-order valence-corrected chi connectivity index (χ2v) is 3.58. The van der Waals surface area contributed by atoms with Crippen molar-refractivity contribution in [1.29, 1.82) is 0 Å². The average Bonchev–Trinajstić information content (AvgIpc) is 2.34. The molecular weight excluding hydrogens is 202 g/mol. The van der Waals surface area contributed by atoms with Crippen LogP contribution in [0.1, 0.15) is 25.3 Å². The fraction of sp³-hybridized carbons (Fsp3) is 0.462. The SMILES string of the molecule is [C-]#[N+]c1ccc(CCCC)c(OCCO)c1. The molecule has 1 aromatic rings. The predicted molar refractivity (Wildman–Crippen MR) is 63.9 cm³/mol. The van der Waals surface area contributed by atoms with Gasteiger partial charge in [0.05, 0.1) is 13.2 Å². The number of aliphatic hydroxyl groups is 1. The van der Waals surface area contributed by atoms with Crippen molar-refractivity contribution in [2.75, 3.05) is 13.2 Å². The first-order valence-electron chi connectivity index (χ1n) is 5.55. The Hall–Kier alpha value is -1.53. The zero-order valence-electron chi connectivity index (χ0n) is 9.57. The van der Waals surface area contributed by atoms with Gasteiger partial charge >= 0.3 is 0 Å². The van der Waals surface area contributed by atoms with E-state index in [2.05, 4.69) is 11.8 Å². The minimum absolute atomic E-state index is 0.00450. The van der Waals surface area contributed by atoms with Gasteiger partial charge in [-0.25, -0.2) is 4.85 Å². The number of hydrogen-bond acceptors (Lipinski definition) is 2. The molecule has 1 N–H and O–H groups in total. The van der Waals surface area contributed by atoms with E-state index in [1.807, 2.05) is 12.1 Å². The molecule has 0 aliphatic heterocycles. The third-order valence-electron chi connectivity index (χ3n) is 2.33. The van der Waals surface area contributed by atoms with Gasteiger partial charge in [-0.15, -0.1) is 0 Å². The predicted octanol–water partition coefficient (Wildman–Crippen LogP) is 2.95. The van der Waals surface area contributed by atoms with Gasteiger partial charge in [0.2, 0.25) is 0 Å². The highest BCUT2D eigenvalue weighted by atomic mass is 16.5. The van der Waals surface area contributed by atoms with Crippen molar-refractivity contribution >= 4 is 5.69 Å². The molecule has 16 heavy (non-hydrogen) atoms. The maximum atomic E-state index is 8.74. The number of unbranched alkanes of at least 4 members (excludes halogenated alkanes) is 1. The summed E-state index contributed by atoms with van der Waals surface area (Å²) in [7, 11) is 0. The first kappa shape index (κ1) is 12.5. The molecule has 86 valence electrons. The highest BCUT2D eigenvalue weighted by Gasteiger charge is 2.04. The molecule has 1 rings (SSSR count). The summed E-state index contributed by atoms with van der Waals surface area (Å²) < 4.78 is 5.43. The summed E-state index contributed by atoms with van der Waals surface area (Å²) in [5, 5.41) is 8.74. The van der Waals surface area contributed by atoms with Crippen LogP contribution in [0.3, 0.4) is 0 Å². The first-order valence-corrected chi connectivity index (χ1v) is 5.55. The summed E-state index contributed by atoms with van der Waals surface area (Å²) in [4.78, 5) is 3.37. The van der Waals surface area contributed by atoms with Crippen LogP contribution in [-0.4, -0.2) is 18.3 Å². The first-order chi connectivity index (χ1) is 7.81. The number of ether oxygens (including phenoxy) is 1. The van der Waals surface area contributed by atoms with E-state index in [0.29, 0.717) is 5.69 Å². The minimum Gasteiger partial charge on any atom is -0.492 e. The molecular formula is C13H17NO2. The van der Waals surface area contributed by atoms with Crippen LogP contribution in [0.25, 0.3) is 4.85 Å². The van der Waals surface area contributed by atoms with E-state index in [9.17, 15) is 0 Å². The Morgan fingerprint density at radius 2 is 2.25 bits per heavy atom. The maximum Gasteiger partial charge on any atom is 0.190 e. The Labute approximate surface area is 96.5 Å². The van der Waals surface area contributed by atoms with Crippen LogP contribution in [0, 0.1) is 6.57 Å². The summed E-state index contributed by atoms with van der Waals surface area (Å²) in [6.07, 6.45) is 3.19. The Bertz CT molecular complexity index is 369. The van der Waals surface area contributed by atoms with Crippen LogP contribution in [-0.2, 0) is 6.42 Å².